The molecule has 0 radical (unpaired) electrons. The Morgan fingerprint density at radius 1 is 1.31 bits per heavy atom. The number of hydrogen-bond acceptors (Lipinski definition) is 4. The molecule has 1 aliphatic carbocycles. The van der Waals surface area contributed by atoms with Gasteiger partial charge in [-0.2, -0.15) is 13.2 Å². The maximum Gasteiger partial charge on any atom is 0.422 e. The fraction of sp³-hybridized carbons (Fsp3) is 0.400. The van der Waals surface area contributed by atoms with E-state index in [9.17, 15) is 18.0 Å². The van der Waals surface area contributed by atoms with E-state index >= 15 is 0 Å². The molecule has 1 heterocycles. The van der Waals surface area contributed by atoms with Gasteiger partial charge >= 0.3 is 12.2 Å². The number of nitrogens with one attached hydrogen (secondary N) is 2. The van der Waals surface area contributed by atoms with Crippen molar-refractivity contribution in [2.45, 2.75) is 38.0 Å². The largest absolute Gasteiger partial charge is 0.496 e. The number of urea groups is 1. The monoisotopic (exact) mass is 409 g/mol. The van der Waals surface area contributed by atoms with Crippen LogP contribution in [0.1, 0.15) is 35.6 Å². The summed E-state index contributed by atoms with van der Waals surface area (Å²) in [6.07, 6.45) is -0.448. The third-order valence-corrected chi connectivity index (χ3v) is 4.63. The van der Waals surface area contributed by atoms with E-state index < -0.39 is 12.8 Å². The molecule has 0 saturated heterocycles. The summed E-state index contributed by atoms with van der Waals surface area (Å²) in [7, 11) is 1.63. The molecule has 2 N–H and O–H groups in total. The van der Waals surface area contributed by atoms with Crippen LogP contribution < -0.4 is 20.1 Å². The molecule has 2 amide bonds. The van der Waals surface area contributed by atoms with Crippen molar-refractivity contribution < 1.29 is 27.4 Å². The minimum Gasteiger partial charge on any atom is -0.496 e. The van der Waals surface area contributed by atoms with Crippen molar-refractivity contribution in [2.24, 2.45) is 0 Å². The number of nitrogens with zero attached hydrogens (tertiary/aromatic N) is 1. The predicted octanol–water partition coefficient (Wildman–Crippen LogP) is 3.91. The summed E-state index contributed by atoms with van der Waals surface area (Å²) >= 11 is 0. The number of rotatable bonds is 6. The minimum absolute atomic E-state index is 0.128. The van der Waals surface area contributed by atoms with Crippen LogP contribution in [-0.4, -0.2) is 30.9 Å². The van der Waals surface area contributed by atoms with Gasteiger partial charge in [-0.05, 0) is 48.1 Å². The van der Waals surface area contributed by atoms with Gasteiger partial charge in [0.05, 0.1) is 13.2 Å². The molecule has 3 rings (SSSR count). The lowest BCUT2D eigenvalue weighted by atomic mass is 9.87. The maximum absolute atomic E-state index is 12.3. The lowest BCUT2D eigenvalue weighted by Crippen LogP contribution is -2.38. The number of alkyl halides is 3. The Balaban J connectivity index is 1.56. The summed E-state index contributed by atoms with van der Waals surface area (Å²) in [6, 6.07) is 8.26. The molecule has 1 aliphatic rings. The van der Waals surface area contributed by atoms with Crippen molar-refractivity contribution in [2.75, 3.05) is 13.7 Å². The second-order valence-corrected chi connectivity index (χ2v) is 6.71. The second kappa shape index (κ2) is 9.02. The van der Waals surface area contributed by atoms with E-state index in [1.54, 1.807) is 13.2 Å². The highest BCUT2D eigenvalue weighted by Crippen LogP contribution is 2.35. The number of benzene rings is 1. The molecule has 29 heavy (non-hydrogen) atoms. The molecule has 1 aromatic carbocycles. The number of pyridine rings is 1. The standard InChI is InChI=1S/C20H22F3N3O3/c1-28-17-7-3-4-14-15(17)5-2-6-16(14)26-19(27)25-11-13-8-9-24-18(10-13)29-12-20(21,22)23/h3-4,7-10,16H,2,5-6,11-12H2,1H3,(H2,25,26,27)/t16-/m1/s1. The Hall–Kier alpha value is -2.97. The summed E-state index contributed by atoms with van der Waals surface area (Å²) < 4.78 is 46.8. The molecule has 1 aromatic heterocycles. The highest BCUT2D eigenvalue weighted by Gasteiger charge is 2.28. The van der Waals surface area contributed by atoms with Crippen molar-refractivity contribution in [3.8, 4) is 11.6 Å². The van der Waals surface area contributed by atoms with Crippen LogP contribution in [0.25, 0.3) is 0 Å². The van der Waals surface area contributed by atoms with Crippen LogP contribution in [0.4, 0.5) is 18.0 Å². The molecule has 0 unspecified atom stereocenters. The van der Waals surface area contributed by atoms with Crippen molar-refractivity contribution >= 4 is 6.03 Å². The third-order valence-electron chi connectivity index (χ3n) is 4.63. The first-order valence-corrected chi connectivity index (χ1v) is 9.20. The van der Waals surface area contributed by atoms with Gasteiger partial charge in [0.1, 0.15) is 5.75 Å². The number of aromatic nitrogens is 1. The van der Waals surface area contributed by atoms with E-state index in [4.69, 9.17) is 4.74 Å². The molecular weight excluding hydrogens is 387 g/mol. The van der Waals surface area contributed by atoms with Crippen LogP contribution in [0.3, 0.4) is 0 Å². The number of carbonyl (C=O) groups is 1. The first-order valence-electron chi connectivity index (χ1n) is 9.20. The van der Waals surface area contributed by atoms with Crippen LogP contribution in [-0.2, 0) is 13.0 Å². The number of halogens is 3. The Bertz CT molecular complexity index is 858. The van der Waals surface area contributed by atoms with Crippen molar-refractivity contribution in [1.82, 2.24) is 15.6 Å². The molecule has 0 saturated carbocycles. The van der Waals surface area contributed by atoms with E-state index in [1.165, 1.54) is 12.3 Å². The van der Waals surface area contributed by atoms with Gasteiger partial charge in [0, 0.05) is 18.8 Å². The quantitative estimate of drug-likeness (QED) is 0.759. The topological polar surface area (TPSA) is 72.5 Å². The first kappa shape index (κ1) is 20.8. The normalized spacial score (nSPS) is 15.9. The average Bonchev–Trinajstić information content (AvgIpc) is 2.70. The first-order chi connectivity index (χ1) is 13.9. The zero-order chi connectivity index (χ0) is 20.9. The smallest absolute Gasteiger partial charge is 0.422 e. The van der Waals surface area contributed by atoms with Gasteiger partial charge < -0.3 is 20.1 Å². The van der Waals surface area contributed by atoms with Gasteiger partial charge in [-0.15, -0.1) is 0 Å². The van der Waals surface area contributed by atoms with E-state index in [0.29, 0.717) is 5.56 Å². The molecule has 0 fully saturated rings. The van der Waals surface area contributed by atoms with Gasteiger partial charge in [-0.3, -0.25) is 0 Å². The van der Waals surface area contributed by atoms with Gasteiger partial charge in [-0.25, -0.2) is 9.78 Å². The van der Waals surface area contributed by atoms with Crippen molar-refractivity contribution in [3.05, 3.63) is 53.2 Å². The lowest BCUT2D eigenvalue weighted by molar-refractivity contribution is -0.154. The Labute approximate surface area is 166 Å². The zero-order valence-corrected chi connectivity index (χ0v) is 15.9. The average molecular weight is 409 g/mol. The van der Waals surface area contributed by atoms with Crippen LogP contribution in [0, 0.1) is 0 Å². The molecule has 9 heteroatoms. The van der Waals surface area contributed by atoms with Crippen molar-refractivity contribution in [1.29, 1.82) is 0 Å². The summed E-state index contributed by atoms with van der Waals surface area (Å²) in [5, 5.41) is 5.67. The summed E-state index contributed by atoms with van der Waals surface area (Å²) in [5.41, 5.74) is 2.72. The van der Waals surface area contributed by atoms with Crippen LogP contribution in [0.2, 0.25) is 0 Å². The number of methoxy groups -OCH3 is 1. The molecule has 0 spiro atoms. The third kappa shape index (κ3) is 5.75. The van der Waals surface area contributed by atoms with Crippen LogP contribution >= 0.6 is 0 Å². The molecule has 156 valence electrons. The van der Waals surface area contributed by atoms with Crippen molar-refractivity contribution in [3.63, 3.8) is 0 Å². The molecule has 2 aromatic rings. The number of hydrogen-bond donors (Lipinski definition) is 2. The highest BCUT2D eigenvalue weighted by atomic mass is 19.4. The molecule has 0 bridgehead atoms. The van der Waals surface area contributed by atoms with Gasteiger partial charge in [0.2, 0.25) is 5.88 Å². The number of amides is 2. The highest BCUT2D eigenvalue weighted by molar-refractivity contribution is 5.74. The molecular formula is C20H22F3N3O3. The molecule has 6 nitrogen and oxygen atoms in total. The van der Waals surface area contributed by atoms with Gasteiger partial charge in [0.25, 0.3) is 0 Å². The minimum atomic E-state index is -4.44. The SMILES string of the molecule is COc1cccc2c1CCC[C@H]2NC(=O)NCc1ccnc(OCC(F)(F)F)c1. The predicted molar refractivity (Wildman–Crippen MR) is 99.8 cm³/mol. The van der Waals surface area contributed by atoms with Gasteiger partial charge in [0.15, 0.2) is 6.61 Å². The van der Waals surface area contributed by atoms with Crippen LogP contribution in [0.5, 0.6) is 11.6 Å². The zero-order valence-electron chi connectivity index (χ0n) is 15.9. The van der Waals surface area contributed by atoms with Crippen LogP contribution in [0.15, 0.2) is 36.5 Å². The summed E-state index contributed by atoms with van der Waals surface area (Å²) in [6.45, 7) is -1.28. The Morgan fingerprint density at radius 2 is 2.14 bits per heavy atom. The number of carbonyl (C=O) groups excluding carboxylic acids is 1. The lowest BCUT2D eigenvalue weighted by Gasteiger charge is -2.27. The number of fused-ring (bicyclic) bond motifs is 1. The number of ether oxygens (including phenoxy) is 2. The molecule has 1 atom stereocenters. The fourth-order valence-corrected chi connectivity index (χ4v) is 3.34. The Morgan fingerprint density at radius 3 is 2.90 bits per heavy atom. The Kier molecular flexibility index (Phi) is 6.46. The molecule has 0 aliphatic heterocycles. The fourth-order valence-electron chi connectivity index (χ4n) is 3.34. The van der Waals surface area contributed by atoms with E-state index in [0.717, 1.165) is 36.1 Å². The second-order valence-electron chi connectivity index (χ2n) is 6.71. The van der Waals surface area contributed by atoms with E-state index in [2.05, 4.69) is 20.4 Å². The summed E-state index contributed by atoms with van der Waals surface area (Å²) in [5.74, 6) is 0.674. The van der Waals surface area contributed by atoms with Gasteiger partial charge in [-0.1, -0.05) is 12.1 Å². The summed E-state index contributed by atoms with van der Waals surface area (Å²) in [4.78, 5) is 16.1. The van der Waals surface area contributed by atoms with E-state index in [1.807, 2.05) is 18.2 Å². The maximum atomic E-state index is 12.3. The van der Waals surface area contributed by atoms with E-state index in [-0.39, 0.29) is 24.5 Å².